The Kier molecular flexibility index (Phi) is 3.99. The molecule has 0 aliphatic carbocycles. The van der Waals surface area contributed by atoms with Crippen LogP contribution in [0.1, 0.15) is 16.0 Å². The van der Waals surface area contributed by atoms with Gasteiger partial charge < -0.3 is 4.42 Å². The first-order valence-electron chi connectivity index (χ1n) is 6.16. The molecule has 1 atom stereocenters. The molecule has 1 aromatic heterocycles. The van der Waals surface area contributed by atoms with Crippen molar-refractivity contribution in [3.63, 3.8) is 0 Å². The summed E-state index contributed by atoms with van der Waals surface area (Å²) in [5, 5.41) is 0.676. The molecule has 0 saturated heterocycles. The van der Waals surface area contributed by atoms with Gasteiger partial charge in [0.05, 0.1) is 10.3 Å². The first kappa shape index (κ1) is 14.9. The second kappa shape index (κ2) is 5.63. The number of alkyl halides is 1. The third kappa shape index (κ3) is 2.70. The van der Waals surface area contributed by atoms with E-state index >= 15 is 0 Å². The monoisotopic (exact) mass is 429 g/mol. The van der Waals surface area contributed by atoms with Crippen LogP contribution in [0.15, 0.2) is 50.1 Å². The summed E-state index contributed by atoms with van der Waals surface area (Å²) >= 11 is 13.2. The van der Waals surface area contributed by atoms with E-state index in [2.05, 4.69) is 31.9 Å². The molecule has 0 radical (unpaired) electrons. The molecule has 0 spiro atoms. The molecule has 3 rings (SSSR count). The third-order valence-corrected chi connectivity index (χ3v) is 5.29. The summed E-state index contributed by atoms with van der Waals surface area (Å²) in [7, 11) is 1.69. The van der Waals surface area contributed by atoms with Crippen molar-refractivity contribution in [2.45, 2.75) is 4.83 Å². The Morgan fingerprint density at radius 3 is 2.71 bits per heavy atom. The van der Waals surface area contributed by atoms with Crippen LogP contribution >= 0.6 is 43.5 Å². The first-order valence-corrected chi connectivity index (χ1v) is 8.24. The topological polar surface area (TPSA) is 35.1 Å². The zero-order valence-electron chi connectivity index (χ0n) is 10.9. The van der Waals surface area contributed by atoms with Crippen LogP contribution in [-0.4, -0.2) is 4.57 Å². The number of hydrogen-bond donors (Lipinski definition) is 0. The van der Waals surface area contributed by atoms with Crippen molar-refractivity contribution in [1.29, 1.82) is 0 Å². The second-order valence-electron chi connectivity index (χ2n) is 4.68. The number of hydrogen-bond acceptors (Lipinski definition) is 2. The van der Waals surface area contributed by atoms with Crippen molar-refractivity contribution in [1.82, 2.24) is 4.57 Å². The van der Waals surface area contributed by atoms with Crippen LogP contribution in [0.5, 0.6) is 0 Å². The minimum atomic E-state index is -0.360. The van der Waals surface area contributed by atoms with Gasteiger partial charge in [-0.3, -0.25) is 4.57 Å². The minimum absolute atomic E-state index is 0.0287. The maximum absolute atomic E-state index is 11.5. The number of oxazole rings is 1. The molecule has 3 nitrogen and oxygen atoms in total. The van der Waals surface area contributed by atoms with Gasteiger partial charge in [-0.15, -0.1) is 0 Å². The van der Waals surface area contributed by atoms with E-state index in [0.717, 1.165) is 21.1 Å². The number of halogens is 3. The molecule has 3 aromatic rings. The lowest BCUT2D eigenvalue weighted by Crippen LogP contribution is -2.08. The minimum Gasteiger partial charge on any atom is -0.408 e. The summed E-state index contributed by atoms with van der Waals surface area (Å²) in [6.07, 6.45) is 0. The molecular formula is C15H10Br2ClNO2. The Morgan fingerprint density at radius 2 is 2.00 bits per heavy atom. The van der Waals surface area contributed by atoms with E-state index in [4.69, 9.17) is 16.0 Å². The molecule has 0 aliphatic rings. The molecule has 2 aromatic carbocycles. The highest BCUT2D eigenvalue weighted by atomic mass is 79.9. The molecule has 0 saturated carbocycles. The maximum Gasteiger partial charge on any atom is 0.419 e. The van der Waals surface area contributed by atoms with E-state index in [1.54, 1.807) is 7.05 Å². The predicted octanol–water partition coefficient (Wildman–Crippen LogP) is 5.03. The predicted molar refractivity (Wildman–Crippen MR) is 91.4 cm³/mol. The van der Waals surface area contributed by atoms with E-state index < -0.39 is 0 Å². The Hall–Kier alpha value is -1.04. The molecule has 0 fully saturated rings. The highest BCUT2D eigenvalue weighted by Crippen LogP contribution is 2.37. The van der Waals surface area contributed by atoms with Crippen LogP contribution < -0.4 is 5.76 Å². The Balaban J connectivity index is 2.09. The van der Waals surface area contributed by atoms with Crippen LogP contribution in [0, 0.1) is 0 Å². The number of rotatable bonds is 2. The van der Waals surface area contributed by atoms with Crippen molar-refractivity contribution in [3.8, 4) is 0 Å². The van der Waals surface area contributed by atoms with E-state index in [9.17, 15) is 4.79 Å². The zero-order valence-corrected chi connectivity index (χ0v) is 14.9. The highest BCUT2D eigenvalue weighted by molar-refractivity contribution is 9.11. The average Bonchev–Trinajstić information content (AvgIpc) is 2.73. The summed E-state index contributed by atoms with van der Waals surface area (Å²) in [5.74, 6) is -0.360. The summed E-state index contributed by atoms with van der Waals surface area (Å²) < 4.78 is 7.64. The summed E-state index contributed by atoms with van der Waals surface area (Å²) in [4.78, 5) is 11.5. The fourth-order valence-corrected chi connectivity index (χ4v) is 4.10. The van der Waals surface area contributed by atoms with Crippen molar-refractivity contribution in [3.05, 3.63) is 67.6 Å². The van der Waals surface area contributed by atoms with Gasteiger partial charge in [-0.1, -0.05) is 55.6 Å². The van der Waals surface area contributed by atoms with Gasteiger partial charge in [0.1, 0.15) is 0 Å². The molecule has 0 amide bonds. The molecule has 0 N–H and O–H groups in total. The fourth-order valence-electron chi connectivity index (χ4n) is 2.19. The van der Waals surface area contributed by atoms with E-state index in [-0.39, 0.29) is 10.6 Å². The van der Waals surface area contributed by atoms with Crippen molar-refractivity contribution >= 4 is 54.6 Å². The van der Waals surface area contributed by atoms with Gasteiger partial charge in [-0.25, -0.2) is 4.79 Å². The van der Waals surface area contributed by atoms with Crippen molar-refractivity contribution in [2.75, 3.05) is 0 Å². The highest BCUT2D eigenvalue weighted by Gasteiger charge is 2.16. The number of aryl methyl sites for hydroxylation is 1. The van der Waals surface area contributed by atoms with Gasteiger partial charge in [0.15, 0.2) is 5.58 Å². The first-order chi connectivity index (χ1) is 9.97. The summed E-state index contributed by atoms with van der Waals surface area (Å²) in [5.41, 5.74) is 3.41. The van der Waals surface area contributed by atoms with Crippen LogP contribution in [0.25, 0.3) is 11.1 Å². The van der Waals surface area contributed by atoms with E-state index in [0.29, 0.717) is 10.6 Å². The summed E-state index contributed by atoms with van der Waals surface area (Å²) in [6, 6.07) is 11.4. The number of aromatic nitrogens is 1. The van der Waals surface area contributed by atoms with Crippen molar-refractivity contribution < 1.29 is 4.42 Å². The van der Waals surface area contributed by atoms with Crippen LogP contribution in [0.2, 0.25) is 5.02 Å². The third-order valence-electron chi connectivity index (χ3n) is 3.34. The normalized spacial score (nSPS) is 12.8. The zero-order chi connectivity index (χ0) is 15.1. The summed E-state index contributed by atoms with van der Waals surface area (Å²) in [6.45, 7) is 0. The maximum atomic E-state index is 11.5. The molecule has 21 heavy (non-hydrogen) atoms. The van der Waals surface area contributed by atoms with E-state index in [1.807, 2.05) is 36.4 Å². The fraction of sp³-hybridized carbons (Fsp3) is 0.133. The standard InChI is InChI=1S/C15H10Br2ClNO2/c1-19-12-5-2-8(6-13(12)21-15(19)20)14(17)10-4-3-9(18)7-11(10)16/h2-7,14H,1H3. The Morgan fingerprint density at radius 1 is 1.24 bits per heavy atom. The van der Waals surface area contributed by atoms with Crippen LogP contribution in [-0.2, 0) is 7.05 Å². The molecular weight excluding hydrogens is 421 g/mol. The second-order valence-corrected chi connectivity index (χ2v) is 6.89. The Labute approximate surface area is 142 Å². The van der Waals surface area contributed by atoms with E-state index in [1.165, 1.54) is 4.57 Å². The largest absolute Gasteiger partial charge is 0.419 e. The smallest absolute Gasteiger partial charge is 0.408 e. The van der Waals surface area contributed by atoms with Gasteiger partial charge in [0.25, 0.3) is 0 Å². The quantitative estimate of drug-likeness (QED) is 0.534. The number of nitrogens with zero attached hydrogens (tertiary/aromatic N) is 1. The van der Waals surface area contributed by atoms with Gasteiger partial charge in [0, 0.05) is 16.5 Å². The molecule has 1 unspecified atom stereocenters. The molecule has 0 aliphatic heterocycles. The van der Waals surface area contributed by atoms with Crippen LogP contribution in [0.3, 0.4) is 0 Å². The molecule has 108 valence electrons. The number of benzene rings is 2. The van der Waals surface area contributed by atoms with Crippen molar-refractivity contribution in [2.24, 2.45) is 7.05 Å². The molecule has 1 heterocycles. The Bertz CT molecular complexity index is 885. The lowest BCUT2D eigenvalue weighted by Gasteiger charge is -2.13. The van der Waals surface area contributed by atoms with Gasteiger partial charge in [-0.05, 0) is 35.4 Å². The lowest BCUT2D eigenvalue weighted by molar-refractivity contribution is 0.528. The lowest BCUT2D eigenvalue weighted by atomic mass is 10.0. The number of fused-ring (bicyclic) bond motifs is 1. The molecule has 0 bridgehead atoms. The van der Waals surface area contributed by atoms with Crippen LogP contribution in [0.4, 0.5) is 0 Å². The van der Waals surface area contributed by atoms with Gasteiger partial charge in [0.2, 0.25) is 0 Å². The van der Waals surface area contributed by atoms with Gasteiger partial charge >= 0.3 is 5.76 Å². The van der Waals surface area contributed by atoms with Gasteiger partial charge in [-0.2, -0.15) is 0 Å². The SMILES string of the molecule is Cn1c(=O)oc2cc(C(Br)c3ccc(Cl)cc3Br)ccc21. The molecule has 6 heteroatoms. The average molecular weight is 432 g/mol.